The number of aryl methyl sites for hydroxylation is 1. The van der Waals surface area contributed by atoms with Crippen LogP contribution in [0.2, 0.25) is 0 Å². The fraction of sp³-hybridized carbons (Fsp3) is 0.148. The van der Waals surface area contributed by atoms with Crippen LogP contribution in [-0.4, -0.2) is 22.0 Å². The Morgan fingerprint density at radius 1 is 1.00 bits per heavy atom. The van der Waals surface area contributed by atoms with E-state index in [2.05, 4.69) is 33.7 Å². The van der Waals surface area contributed by atoms with Crippen molar-refractivity contribution >= 4 is 22.8 Å². The standard InChI is InChI=1S/C27H22N2O3/c1-28-15-19(20-9-5-6-10-23(20)28)13-25-26(30)21-11-12-24-22(27(21)32-25)16-29(17-31-24)14-18-7-3-2-4-8-18/h2-13,15H,14,16-17H2,1H3/b25-13-. The molecule has 0 amide bonds. The minimum absolute atomic E-state index is 0.0871. The van der Waals surface area contributed by atoms with Crippen molar-refractivity contribution in [2.24, 2.45) is 7.05 Å². The first kappa shape index (κ1) is 18.9. The highest BCUT2D eigenvalue weighted by Gasteiger charge is 2.33. The Bertz CT molecular complexity index is 1390. The van der Waals surface area contributed by atoms with Crippen LogP contribution < -0.4 is 9.47 Å². The van der Waals surface area contributed by atoms with Crippen LogP contribution in [-0.2, 0) is 20.1 Å². The van der Waals surface area contributed by atoms with E-state index >= 15 is 0 Å². The molecule has 4 aromatic rings. The molecule has 0 bridgehead atoms. The Morgan fingerprint density at radius 2 is 1.81 bits per heavy atom. The van der Waals surface area contributed by atoms with Gasteiger partial charge in [0.15, 0.2) is 5.76 Å². The van der Waals surface area contributed by atoms with Crippen molar-refractivity contribution in [3.05, 3.63) is 101 Å². The molecule has 5 nitrogen and oxygen atoms in total. The Kier molecular flexibility index (Phi) is 4.37. The van der Waals surface area contributed by atoms with Crippen LogP contribution in [0.4, 0.5) is 0 Å². The fourth-order valence-corrected chi connectivity index (χ4v) is 4.58. The zero-order chi connectivity index (χ0) is 21.7. The summed E-state index contributed by atoms with van der Waals surface area (Å²) in [6, 6.07) is 22.2. The van der Waals surface area contributed by atoms with E-state index in [-0.39, 0.29) is 5.78 Å². The van der Waals surface area contributed by atoms with Gasteiger partial charge in [-0.2, -0.15) is 0 Å². The molecule has 0 unspecified atom stereocenters. The summed E-state index contributed by atoms with van der Waals surface area (Å²) in [5.74, 6) is 1.67. The highest BCUT2D eigenvalue weighted by atomic mass is 16.5. The maximum Gasteiger partial charge on any atom is 0.231 e. The van der Waals surface area contributed by atoms with E-state index in [1.165, 1.54) is 5.56 Å². The van der Waals surface area contributed by atoms with Crippen LogP contribution in [0.15, 0.2) is 78.7 Å². The van der Waals surface area contributed by atoms with E-state index in [9.17, 15) is 4.79 Å². The monoisotopic (exact) mass is 422 g/mol. The van der Waals surface area contributed by atoms with Crippen molar-refractivity contribution in [3.8, 4) is 11.5 Å². The summed E-state index contributed by atoms with van der Waals surface area (Å²) in [4.78, 5) is 15.4. The van der Waals surface area contributed by atoms with Gasteiger partial charge in [0.25, 0.3) is 0 Å². The summed E-state index contributed by atoms with van der Waals surface area (Å²) >= 11 is 0. The van der Waals surface area contributed by atoms with Crippen LogP contribution in [0, 0.1) is 0 Å². The predicted molar refractivity (Wildman–Crippen MR) is 123 cm³/mol. The van der Waals surface area contributed by atoms with E-state index in [4.69, 9.17) is 9.47 Å². The van der Waals surface area contributed by atoms with Gasteiger partial charge >= 0.3 is 0 Å². The Labute approximate surface area is 186 Å². The Hall–Kier alpha value is -3.83. The van der Waals surface area contributed by atoms with E-state index < -0.39 is 0 Å². The van der Waals surface area contributed by atoms with E-state index in [0.717, 1.165) is 34.3 Å². The first-order valence-electron chi connectivity index (χ1n) is 10.7. The molecule has 0 N–H and O–H groups in total. The van der Waals surface area contributed by atoms with Crippen LogP contribution in [0.1, 0.15) is 27.0 Å². The van der Waals surface area contributed by atoms with Gasteiger partial charge < -0.3 is 14.0 Å². The Balaban J connectivity index is 1.33. The molecule has 0 saturated carbocycles. The first-order valence-corrected chi connectivity index (χ1v) is 10.7. The zero-order valence-corrected chi connectivity index (χ0v) is 17.7. The molecule has 0 aliphatic carbocycles. The van der Waals surface area contributed by atoms with Gasteiger partial charge in [-0.15, -0.1) is 0 Å². The number of rotatable bonds is 3. The van der Waals surface area contributed by atoms with Gasteiger partial charge in [0, 0.05) is 42.8 Å². The number of hydrogen-bond donors (Lipinski definition) is 0. The van der Waals surface area contributed by atoms with Crippen molar-refractivity contribution in [1.82, 2.24) is 9.47 Å². The van der Waals surface area contributed by atoms with Crippen LogP contribution in [0.25, 0.3) is 17.0 Å². The summed E-state index contributed by atoms with van der Waals surface area (Å²) in [5.41, 5.74) is 4.83. The SMILES string of the molecule is Cn1cc(/C=C2\Oc3c(ccc4c3CN(Cc3ccccc3)CO4)C2=O)c2ccccc21. The van der Waals surface area contributed by atoms with Crippen LogP contribution >= 0.6 is 0 Å². The highest BCUT2D eigenvalue weighted by molar-refractivity contribution is 6.15. The van der Waals surface area contributed by atoms with Gasteiger partial charge in [-0.3, -0.25) is 9.69 Å². The van der Waals surface area contributed by atoms with Crippen molar-refractivity contribution in [2.45, 2.75) is 13.1 Å². The molecule has 0 saturated heterocycles. The summed E-state index contributed by atoms with van der Waals surface area (Å²) in [6.45, 7) is 1.95. The zero-order valence-electron chi connectivity index (χ0n) is 17.7. The number of aromatic nitrogens is 1. The molecular formula is C27H22N2O3. The maximum absolute atomic E-state index is 13.1. The normalized spacial score (nSPS) is 16.7. The van der Waals surface area contributed by atoms with Crippen molar-refractivity contribution in [3.63, 3.8) is 0 Å². The van der Waals surface area contributed by atoms with E-state index in [1.807, 2.05) is 61.8 Å². The molecule has 3 aromatic carbocycles. The van der Waals surface area contributed by atoms with Crippen molar-refractivity contribution < 1.29 is 14.3 Å². The Morgan fingerprint density at radius 3 is 2.69 bits per heavy atom. The van der Waals surface area contributed by atoms with Crippen LogP contribution in [0.3, 0.4) is 0 Å². The lowest BCUT2D eigenvalue weighted by Crippen LogP contribution is -2.31. The molecule has 158 valence electrons. The van der Waals surface area contributed by atoms with Gasteiger partial charge in [-0.1, -0.05) is 48.5 Å². The average Bonchev–Trinajstić information content (AvgIpc) is 3.32. The fourth-order valence-electron chi connectivity index (χ4n) is 4.58. The minimum Gasteiger partial charge on any atom is -0.478 e. The van der Waals surface area contributed by atoms with Gasteiger partial charge in [-0.25, -0.2) is 0 Å². The number of fused-ring (bicyclic) bond motifs is 4. The minimum atomic E-state index is -0.0871. The van der Waals surface area contributed by atoms with Gasteiger partial charge in [0.1, 0.15) is 18.2 Å². The number of nitrogens with zero attached hydrogens (tertiary/aromatic N) is 2. The second-order valence-electron chi connectivity index (χ2n) is 8.32. The molecular weight excluding hydrogens is 400 g/mol. The van der Waals surface area contributed by atoms with Crippen molar-refractivity contribution in [1.29, 1.82) is 0 Å². The van der Waals surface area contributed by atoms with E-state index in [1.54, 1.807) is 0 Å². The third-order valence-electron chi connectivity index (χ3n) is 6.15. The maximum atomic E-state index is 13.1. The van der Waals surface area contributed by atoms with E-state index in [0.29, 0.717) is 30.3 Å². The molecule has 2 aliphatic rings. The third kappa shape index (κ3) is 3.10. The molecule has 0 fully saturated rings. The lowest BCUT2D eigenvalue weighted by atomic mass is 10.0. The number of carbonyl (C=O) groups excluding carboxylic acids is 1. The summed E-state index contributed by atoms with van der Waals surface area (Å²) in [5, 5.41) is 1.09. The average molecular weight is 422 g/mol. The number of ether oxygens (including phenoxy) is 2. The molecule has 32 heavy (non-hydrogen) atoms. The molecule has 5 heteroatoms. The number of hydrogen-bond acceptors (Lipinski definition) is 4. The summed E-state index contributed by atoms with van der Waals surface area (Å²) < 4.78 is 14.2. The second kappa shape index (κ2) is 7.39. The van der Waals surface area contributed by atoms with Gasteiger partial charge in [0.05, 0.1) is 11.1 Å². The number of para-hydroxylation sites is 1. The topological polar surface area (TPSA) is 43.7 Å². The molecule has 3 heterocycles. The number of carbonyl (C=O) groups is 1. The lowest BCUT2D eigenvalue weighted by Gasteiger charge is -2.29. The number of Topliss-reactive ketones (excluding diaryl/α,β-unsaturated/α-hetero) is 1. The van der Waals surface area contributed by atoms with Crippen LogP contribution in [0.5, 0.6) is 11.5 Å². The second-order valence-corrected chi connectivity index (χ2v) is 8.32. The summed E-state index contributed by atoms with van der Waals surface area (Å²) in [6.07, 6.45) is 3.87. The molecule has 0 atom stereocenters. The summed E-state index contributed by atoms with van der Waals surface area (Å²) in [7, 11) is 2.01. The molecule has 2 aliphatic heterocycles. The molecule has 1 aromatic heterocycles. The predicted octanol–water partition coefficient (Wildman–Crippen LogP) is 5.15. The smallest absolute Gasteiger partial charge is 0.231 e. The third-order valence-corrected chi connectivity index (χ3v) is 6.15. The lowest BCUT2D eigenvalue weighted by molar-refractivity contribution is 0.0873. The first-order chi connectivity index (χ1) is 15.7. The molecule has 0 spiro atoms. The largest absolute Gasteiger partial charge is 0.478 e. The van der Waals surface area contributed by atoms with Crippen molar-refractivity contribution in [2.75, 3.05) is 6.73 Å². The molecule has 0 radical (unpaired) electrons. The number of allylic oxidation sites excluding steroid dienone is 1. The number of benzene rings is 3. The van der Waals surface area contributed by atoms with Gasteiger partial charge in [-0.05, 0) is 29.8 Å². The van der Waals surface area contributed by atoms with Gasteiger partial charge in [0.2, 0.25) is 5.78 Å². The number of ketones is 1. The highest BCUT2D eigenvalue weighted by Crippen LogP contribution is 2.42. The quantitative estimate of drug-likeness (QED) is 0.429. The molecule has 6 rings (SSSR count).